The van der Waals surface area contributed by atoms with E-state index in [0.29, 0.717) is 19.0 Å². The van der Waals surface area contributed by atoms with E-state index in [2.05, 4.69) is 15.2 Å². The largest absolute Gasteiger partial charge is 0.383 e. The molecule has 0 radical (unpaired) electrons. The molecule has 0 atom stereocenters. The van der Waals surface area contributed by atoms with E-state index in [4.69, 9.17) is 9.88 Å². The zero-order valence-corrected chi connectivity index (χ0v) is 13.0. The molecule has 0 aliphatic carbocycles. The van der Waals surface area contributed by atoms with E-state index in [-0.39, 0.29) is 5.16 Å². The van der Waals surface area contributed by atoms with Crippen LogP contribution in [0.5, 0.6) is 0 Å². The average molecular weight is 317 g/mol. The van der Waals surface area contributed by atoms with Gasteiger partial charge >= 0.3 is 0 Å². The van der Waals surface area contributed by atoms with Crippen molar-refractivity contribution in [2.24, 2.45) is 5.14 Å². The van der Waals surface area contributed by atoms with Crippen LogP contribution in [0.25, 0.3) is 10.7 Å². The molecule has 0 saturated carbocycles. The van der Waals surface area contributed by atoms with E-state index >= 15 is 0 Å². The van der Waals surface area contributed by atoms with Crippen LogP contribution in [-0.2, 0) is 21.3 Å². The zero-order valence-electron chi connectivity index (χ0n) is 11.3. The number of nitrogens with zero attached hydrogens (tertiary/aromatic N) is 4. The highest BCUT2D eigenvalue weighted by Gasteiger charge is 2.24. The summed E-state index contributed by atoms with van der Waals surface area (Å²) >= 11 is 1.43. The van der Waals surface area contributed by atoms with Crippen molar-refractivity contribution in [3.8, 4) is 10.7 Å². The summed E-state index contributed by atoms with van der Waals surface area (Å²) in [5.74, 6) is 0.439. The van der Waals surface area contributed by atoms with Crippen molar-refractivity contribution in [3.05, 3.63) is 10.7 Å². The summed E-state index contributed by atoms with van der Waals surface area (Å²) < 4.78 is 29.5. The van der Waals surface area contributed by atoms with Crippen molar-refractivity contribution in [2.45, 2.75) is 25.5 Å². The minimum Gasteiger partial charge on any atom is -0.383 e. The molecular formula is C10H15N5O3S2. The number of ether oxygens (including phenoxy) is 1. The van der Waals surface area contributed by atoms with Crippen LogP contribution < -0.4 is 5.14 Å². The van der Waals surface area contributed by atoms with Gasteiger partial charge in [-0.1, -0.05) is 0 Å². The first-order valence-corrected chi connectivity index (χ1v) is 8.10. The Morgan fingerprint density at radius 1 is 1.35 bits per heavy atom. The fourth-order valence-electron chi connectivity index (χ4n) is 1.79. The number of sulfonamides is 1. The Morgan fingerprint density at radius 2 is 2.05 bits per heavy atom. The molecule has 0 spiro atoms. The van der Waals surface area contributed by atoms with Crippen LogP contribution in [0.2, 0.25) is 0 Å². The van der Waals surface area contributed by atoms with E-state index in [0.717, 1.165) is 15.6 Å². The monoisotopic (exact) mass is 317 g/mol. The number of aryl methyl sites for hydroxylation is 2. The first-order valence-electron chi connectivity index (χ1n) is 5.74. The first-order chi connectivity index (χ1) is 9.34. The van der Waals surface area contributed by atoms with E-state index in [1.165, 1.54) is 23.0 Å². The number of primary sulfonamides is 1. The van der Waals surface area contributed by atoms with E-state index in [1.807, 2.05) is 13.8 Å². The number of methoxy groups -OCH3 is 1. The number of hydrogen-bond donors (Lipinski definition) is 1. The molecule has 0 bridgehead atoms. The Balaban J connectivity index is 2.59. The summed E-state index contributed by atoms with van der Waals surface area (Å²) in [4.78, 5) is 5.08. The topological polar surface area (TPSA) is 113 Å². The van der Waals surface area contributed by atoms with E-state index < -0.39 is 10.0 Å². The highest BCUT2D eigenvalue weighted by Crippen LogP contribution is 2.29. The molecule has 0 aliphatic heterocycles. The van der Waals surface area contributed by atoms with Crippen LogP contribution in [-0.4, -0.2) is 41.9 Å². The third-order valence-electron chi connectivity index (χ3n) is 2.60. The first kappa shape index (κ1) is 15.0. The summed E-state index contributed by atoms with van der Waals surface area (Å²) in [6, 6.07) is 0. The lowest BCUT2D eigenvalue weighted by atomic mass is 10.4. The van der Waals surface area contributed by atoms with Crippen molar-refractivity contribution in [1.82, 2.24) is 19.7 Å². The molecule has 0 aliphatic rings. The number of aromatic nitrogens is 4. The fourth-order valence-corrected chi connectivity index (χ4v) is 3.34. The van der Waals surface area contributed by atoms with Gasteiger partial charge in [-0.2, -0.15) is 0 Å². The van der Waals surface area contributed by atoms with Crippen molar-refractivity contribution in [2.75, 3.05) is 13.7 Å². The second-order valence-electron chi connectivity index (χ2n) is 4.14. The third-order valence-corrected chi connectivity index (χ3v) is 4.48. The molecule has 0 fully saturated rings. The predicted octanol–water partition coefficient (Wildman–Crippen LogP) is 0.312. The van der Waals surface area contributed by atoms with Gasteiger partial charge in [-0.25, -0.2) is 18.5 Å². The lowest BCUT2D eigenvalue weighted by Gasteiger charge is -2.07. The Kier molecular flexibility index (Phi) is 4.18. The summed E-state index contributed by atoms with van der Waals surface area (Å²) in [5, 5.41) is 13.4. The van der Waals surface area contributed by atoms with Crippen molar-refractivity contribution in [3.63, 3.8) is 0 Å². The maximum atomic E-state index is 11.6. The van der Waals surface area contributed by atoms with Gasteiger partial charge in [0.15, 0.2) is 5.82 Å². The van der Waals surface area contributed by atoms with Gasteiger partial charge in [0.25, 0.3) is 15.2 Å². The third kappa shape index (κ3) is 2.87. The molecule has 8 nitrogen and oxygen atoms in total. The van der Waals surface area contributed by atoms with Gasteiger partial charge in [-0.05, 0) is 13.8 Å². The minimum atomic E-state index is -3.94. The molecule has 2 aromatic rings. The molecule has 0 saturated heterocycles. The second kappa shape index (κ2) is 5.56. The number of rotatable bonds is 5. The molecule has 10 heteroatoms. The van der Waals surface area contributed by atoms with Gasteiger partial charge in [0.05, 0.1) is 28.7 Å². The average Bonchev–Trinajstić information content (AvgIpc) is 2.88. The number of thiazole rings is 1. The number of nitrogens with two attached hydrogens (primary N) is 1. The molecular weight excluding hydrogens is 302 g/mol. The van der Waals surface area contributed by atoms with Gasteiger partial charge < -0.3 is 4.74 Å². The lowest BCUT2D eigenvalue weighted by molar-refractivity contribution is 0.185. The van der Waals surface area contributed by atoms with Gasteiger partial charge in [0.2, 0.25) is 0 Å². The van der Waals surface area contributed by atoms with Crippen LogP contribution in [0.4, 0.5) is 0 Å². The molecule has 2 heterocycles. The second-order valence-corrected chi connectivity index (χ2v) is 6.80. The van der Waals surface area contributed by atoms with Crippen LogP contribution in [0.1, 0.15) is 10.7 Å². The molecule has 0 amide bonds. The highest BCUT2D eigenvalue weighted by atomic mass is 32.2. The summed E-state index contributed by atoms with van der Waals surface area (Å²) in [6.45, 7) is 4.33. The highest BCUT2D eigenvalue weighted by molar-refractivity contribution is 7.89. The van der Waals surface area contributed by atoms with Gasteiger partial charge in [0.1, 0.15) is 0 Å². The standard InChI is InChI=1S/C10H15N5O3S2/c1-6-8(19-7(2)12-6)9-13-14-10(20(11,16)17)15(9)4-5-18-3/h4-5H2,1-3H3,(H2,11,16,17). The van der Waals surface area contributed by atoms with Gasteiger partial charge in [-0.15, -0.1) is 21.5 Å². The smallest absolute Gasteiger partial charge is 0.273 e. The molecule has 110 valence electrons. The van der Waals surface area contributed by atoms with E-state index in [9.17, 15) is 8.42 Å². The quantitative estimate of drug-likeness (QED) is 0.849. The Bertz CT molecular complexity index is 719. The molecule has 20 heavy (non-hydrogen) atoms. The zero-order chi connectivity index (χ0) is 14.9. The fraction of sp³-hybridized carbons (Fsp3) is 0.500. The summed E-state index contributed by atoms with van der Waals surface area (Å²) in [7, 11) is -2.41. The van der Waals surface area contributed by atoms with Crippen LogP contribution in [0.15, 0.2) is 5.16 Å². The molecule has 0 unspecified atom stereocenters. The van der Waals surface area contributed by atoms with E-state index in [1.54, 1.807) is 0 Å². The Labute approximate surface area is 120 Å². The molecule has 2 aromatic heterocycles. The van der Waals surface area contributed by atoms with Crippen molar-refractivity contribution >= 4 is 21.4 Å². The SMILES string of the molecule is COCCn1c(-c2sc(C)nc2C)nnc1S(N)(=O)=O. The normalized spacial score (nSPS) is 12.0. The Hall–Kier alpha value is -1.36. The summed E-state index contributed by atoms with van der Waals surface area (Å²) in [5.41, 5.74) is 0.777. The van der Waals surface area contributed by atoms with Crippen LogP contribution in [0, 0.1) is 13.8 Å². The molecule has 2 rings (SSSR count). The van der Waals surface area contributed by atoms with Gasteiger partial charge in [0, 0.05) is 7.11 Å². The van der Waals surface area contributed by atoms with Gasteiger partial charge in [-0.3, -0.25) is 4.57 Å². The van der Waals surface area contributed by atoms with Crippen molar-refractivity contribution in [1.29, 1.82) is 0 Å². The van der Waals surface area contributed by atoms with Crippen LogP contribution in [0.3, 0.4) is 0 Å². The minimum absolute atomic E-state index is 0.269. The maximum Gasteiger partial charge on any atom is 0.273 e. The van der Waals surface area contributed by atoms with Crippen LogP contribution >= 0.6 is 11.3 Å². The van der Waals surface area contributed by atoms with Crippen molar-refractivity contribution < 1.29 is 13.2 Å². The summed E-state index contributed by atoms with van der Waals surface area (Å²) in [6.07, 6.45) is 0. The lowest BCUT2D eigenvalue weighted by Crippen LogP contribution is -2.20. The Morgan fingerprint density at radius 3 is 2.55 bits per heavy atom. The molecule has 0 aromatic carbocycles. The number of hydrogen-bond acceptors (Lipinski definition) is 7. The predicted molar refractivity (Wildman–Crippen MR) is 73.9 cm³/mol. The molecule has 2 N–H and O–H groups in total. The maximum absolute atomic E-state index is 11.6.